The second-order valence-electron chi connectivity index (χ2n) is 6.42. The number of hydrogen-bond acceptors (Lipinski definition) is 5. The van der Waals surface area contributed by atoms with Crippen molar-refractivity contribution in [1.82, 2.24) is 0 Å². The Bertz CT molecular complexity index is 380. The van der Waals surface area contributed by atoms with E-state index in [0.29, 0.717) is 6.61 Å². The summed E-state index contributed by atoms with van der Waals surface area (Å²) in [6, 6.07) is 0. The van der Waals surface area contributed by atoms with Gasteiger partial charge in [-0.2, -0.15) is 0 Å². The molecule has 1 saturated heterocycles. The van der Waals surface area contributed by atoms with E-state index in [1.165, 1.54) is 0 Å². The molecular weight excluding hydrogens is 248 g/mol. The van der Waals surface area contributed by atoms with E-state index in [2.05, 4.69) is 0 Å². The van der Waals surface area contributed by atoms with Gasteiger partial charge in [0, 0.05) is 0 Å². The smallest absolute Gasteiger partial charge is 0.311 e. The highest BCUT2D eigenvalue weighted by atomic mass is 16.7. The van der Waals surface area contributed by atoms with Crippen LogP contribution in [0.1, 0.15) is 34.6 Å². The maximum absolute atomic E-state index is 12.0. The maximum Gasteiger partial charge on any atom is 0.311 e. The molecule has 5 heteroatoms. The lowest BCUT2D eigenvalue weighted by molar-refractivity contribution is -0.320. The minimum atomic E-state index is -0.692. The summed E-state index contributed by atoms with van der Waals surface area (Å²) >= 11 is 0. The maximum atomic E-state index is 12.0. The molecule has 3 atom stereocenters. The number of rotatable bonds is 1. The van der Waals surface area contributed by atoms with Crippen LogP contribution < -0.4 is 0 Å². The summed E-state index contributed by atoms with van der Waals surface area (Å²) < 4.78 is 22.3. The minimum Gasteiger partial charge on any atom is -0.493 e. The van der Waals surface area contributed by atoms with Gasteiger partial charge in [-0.05, 0) is 40.7 Å². The van der Waals surface area contributed by atoms with Crippen LogP contribution in [-0.2, 0) is 23.7 Å². The Kier molecular flexibility index (Phi) is 3.62. The van der Waals surface area contributed by atoms with E-state index in [1.807, 2.05) is 34.6 Å². The predicted octanol–water partition coefficient (Wildman–Crippen LogP) is 2.01. The molecule has 0 N–H and O–H groups in total. The molecule has 0 radical (unpaired) electrons. The zero-order valence-electron chi connectivity index (χ0n) is 12.1. The summed E-state index contributed by atoms with van der Waals surface area (Å²) in [4.78, 5) is 12.0. The molecule has 0 aliphatic carbocycles. The Morgan fingerprint density at radius 3 is 2.68 bits per heavy atom. The number of carbonyl (C=O) groups excluding carboxylic acids is 1. The van der Waals surface area contributed by atoms with Crippen LogP contribution in [0.3, 0.4) is 0 Å². The van der Waals surface area contributed by atoms with Gasteiger partial charge < -0.3 is 18.9 Å². The first-order valence-electron chi connectivity index (χ1n) is 6.54. The molecule has 0 aromatic rings. The van der Waals surface area contributed by atoms with E-state index in [1.54, 1.807) is 12.3 Å². The molecule has 2 aliphatic rings. The Morgan fingerprint density at radius 2 is 2.05 bits per heavy atom. The van der Waals surface area contributed by atoms with E-state index in [-0.39, 0.29) is 18.2 Å². The van der Waals surface area contributed by atoms with Crippen molar-refractivity contribution in [1.29, 1.82) is 0 Å². The molecule has 2 rings (SSSR count). The normalized spacial score (nSPS) is 33.2. The van der Waals surface area contributed by atoms with Gasteiger partial charge in [0.05, 0.1) is 18.3 Å². The van der Waals surface area contributed by atoms with E-state index in [4.69, 9.17) is 18.9 Å². The molecule has 0 spiro atoms. The average molecular weight is 270 g/mol. The fourth-order valence-electron chi connectivity index (χ4n) is 1.95. The van der Waals surface area contributed by atoms with Crippen LogP contribution in [0.25, 0.3) is 0 Å². The molecule has 0 unspecified atom stereocenters. The number of ether oxygens (including phenoxy) is 4. The van der Waals surface area contributed by atoms with Gasteiger partial charge in [0.1, 0.15) is 6.10 Å². The molecule has 5 nitrogen and oxygen atoms in total. The summed E-state index contributed by atoms with van der Waals surface area (Å²) in [6.45, 7) is 9.57. The largest absolute Gasteiger partial charge is 0.493 e. The SMILES string of the molecule is CC1(C)OC[C@H]2OC=C[C@@H](OC(=O)C(C)(C)C)[C@@H]2O1. The Morgan fingerprint density at radius 1 is 1.37 bits per heavy atom. The quantitative estimate of drug-likeness (QED) is 0.682. The zero-order chi connectivity index (χ0) is 14.3. The first-order chi connectivity index (χ1) is 8.69. The van der Waals surface area contributed by atoms with Crippen LogP contribution >= 0.6 is 0 Å². The molecule has 0 aromatic carbocycles. The number of carbonyl (C=O) groups is 1. The molecule has 0 amide bonds. The Hall–Kier alpha value is -1.07. The van der Waals surface area contributed by atoms with Crippen molar-refractivity contribution in [3.05, 3.63) is 12.3 Å². The molecule has 0 aromatic heterocycles. The van der Waals surface area contributed by atoms with Crippen LogP contribution in [0.4, 0.5) is 0 Å². The monoisotopic (exact) mass is 270 g/mol. The molecule has 19 heavy (non-hydrogen) atoms. The highest BCUT2D eigenvalue weighted by Crippen LogP contribution is 2.31. The van der Waals surface area contributed by atoms with Crippen LogP contribution in [0, 0.1) is 5.41 Å². The lowest BCUT2D eigenvalue weighted by atomic mass is 9.96. The molecule has 2 aliphatic heterocycles. The summed E-state index contributed by atoms with van der Waals surface area (Å²) in [5.41, 5.74) is -0.539. The van der Waals surface area contributed by atoms with Crippen molar-refractivity contribution < 1.29 is 23.7 Å². The van der Waals surface area contributed by atoms with Crippen molar-refractivity contribution in [3.63, 3.8) is 0 Å². The van der Waals surface area contributed by atoms with E-state index < -0.39 is 17.3 Å². The van der Waals surface area contributed by atoms with Gasteiger partial charge in [-0.15, -0.1) is 0 Å². The van der Waals surface area contributed by atoms with Gasteiger partial charge >= 0.3 is 5.97 Å². The first-order valence-corrected chi connectivity index (χ1v) is 6.54. The predicted molar refractivity (Wildman–Crippen MR) is 68.3 cm³/mol. The fourth-order valence-corrected chi connectivity index (χ4v) is 1.95. The minimum absolute atomic E-state index is 0.240. The van der Waals surface area contributed by atoms with Crippen LogP contribution in [-0.4, -0.2) is 36.7 Å². The Balaban J connectivity index is 2.09. The summed E-state index contributed by atoms with van der Waals surface area (Å²) in [7, 11) is 0. The topological polar surface area (TPSA) is 54.0 Å². The van der Waals surface area contributed by atoms with Gasteiger partial charge in [-0.1, -0.05) is 0 Å². The van der Waals surface area contributed by atoms with Crippen molar-refractivity contribution in [2.45, 2.75) is 58.7 Å². The van der Waals surface area contributed by atoms with Gasteiger partial charge in [0.15, 0.2) is 18.0 Å². The van der Waals surface area contributed by atoms with E-state index in [9.17, 15) is 4.79 Å². The van der Waals surface area contributed by atoms with Crippen LogP contribution in [0.5, 0.6) is 0 Å². The first kappa shape index (κ1) is 14.3. The van der Waals surface area contributed by atoms with Crippen LogP contribution in [0.15, 0.2) is 12.3 Å². The lowest BCUT2D eigenvalue weighted by Gasteiger charge is -2.44. The molecule has 2 heterocycles. The van der Waals surface area contributed by atoms with Gasteiger partial charge in [-0.3, -0.25) is 4.79 Å². The third-order valence-electron chi connectivity index (χ3n) is 3.08. The number of hydrogen-bond donors (Lipinski definition) is 0. The standard InChI is InChI=1S/C14H22O5/c1-13(2,3)12(15)18-9-6-7-16-10-8-17-14(4,5)19-11(9)10/h6-7,9-11H,8H2,1-5H3/t9-,10-,11+/m1/s1. The molecule has 0 bridgehead atoms. The van der Waals surface area contributed by atoms with E-state index in [0.717, 1.165) is 0 Å². The fraction of sp³-hybridized carbons (Fsp3) is 0.786. The number of fused-ring (bicyclic) bond motifs is 1. The molecule has 1 fully saturated rings. The summed E-state index contributed by atoms with van der Waals surface area (Å²) in [5, 5.41) is 0. The molecular formula is C14H22O5. The van der Waals surface area contributed by atoms with E-state index >= 15 is 0 Å². The Labute approximate surface area is 113 Å². The average Bonchev–Trinajstić information content (AvgIpc) is 2.27. The van der Waals surface area contributed by atoms with Crippen molar-refractivity contribution in [2.75, 3.05) is 6.61 Å². The second-order valence-corrected chi connectivity index (χ2v) is 6.42. The number of esters is 1. The third kappa shape index (κ3) is 3.28. The zero-order valence-corrected chi connectivity index (χ0v) is 12.1. The summed E-state index contributed by atoms with van der Waals surface area (Å²) in [5.74, 6) is -0.946. The highest BCUT2D eigenvalue weighted by molar-refractivity contribution is 5.75. The van der Waals surface area contributed by atoms with Gasteiger partial charge in [-0.25, -0.2) is 0 Å². The van der Waals surface area contributed by atoms with Crippen molar-refractivity contribution in [3.8, 4) is 0 Å². The van der Waals surface area contributed by atoms with Crippen LogP contribution in [0.2, 0.25) is 0 Å². The third-order valence-corrected chi connectivity index (χ3v) is 3.08. The highest BCUT2D eigenvalue weighted by Gasteiger charge is 2.45. The molecule has 0 saturated carbocycles. The lowest BCUT2D eigenvalue weighted by Crippen LogP contribution is -2.56. The van der Waals surface area contributed by atoms with Gasteiger partial charge in [0.2, 0.25) is 0 Å². The molecule has 108 valence electrons. The van der Waals surface area contributed by atoms with Crippen molar-refractivity contribution in [2.24, 2.45) is 5.41 Å². The van der Waals surface area contributed by atoms with Gasteiger partial charge in [0.25, 0.3) is 0 Å². The second kappa shape index (κ2) is 4.80. The van der Waals surface area contributed by atoms with Crippen molar-refractivity contribution >= 4 is 5.97 Å². The summed E-state index contributed by atoms with van der Waals surface area (Å²) in [6.07, 6.45) is 2.25.